The van der Waals surface area contributed by atoms with Crippen molar-refractivity contribution in [2.24, 2.45) is 0 Å². The fourth-order valence-corrected chi connectivity index (χ4v) is 5.01. The molecule has 36 heavy (non-hydrogen) atoms. The summed E-state index contributed by atoms with van der Waals surface area (Å²) in [7, 11) is 2.04. The van der Waals surface area contributed by atoms with Gasteiger partial charge in [0, 0.05) is 24.5 Å². The van der Waals surface area contributed by atoms with E-state index >= 15 is 0 Å². The van der Waals surface area contributed by atoms with Crippen LogP contribution in [0, 0.1) is 12.7 Å². The van der Waals surface area contributed by atoms with E-state index in [1.165, 1.54) is 12.1 Å². The Balaban J connectivity index is 1.53. The van der Waals surface area contributed by atoms with Crippen LogP contribution in [-0.2, 0) is 16.0 Å². The zero-order valence-electron chi connectivity index (χ0n) is 21.2. The SMILES string of the molecule is CC(=O)CSC(CCc1ccc(C(=O)OCCC=CC2=CC=CCN2C)cc1C)c1ccc(F)cc1. The number of carbonyl (C=O) groups excluding carboxylic acids is 2. The summed E-state index contributed by atoms with van der Waals surface area (Å²) < 4.78 is 18.8. The van der Waals surface area contributed by atoms with Crippen LogP contribution in [0.15, 0.2) is 78.5 Å². The second kappa shape index (κ2) is 13.8. The average Bonchev–Trinajstić information content (AvgIpc) is 2.86. The standard InChI is InChI=1S/C30H34FNO3S/c1-22-20-26(30(34)35-19-7-5-9-28-8-4-6-18-32(28)3)11-10-24(22)14-17-29(36-21-23(2)33)25-12-15-27(31)16-13-25/h4-6,8-13,15-16,20,29H,7,14,17-19,21H2,1-3H3. The van der Waals surface area contributed by atoms with E-state index in [9.17, 15) is 14.0 Å². The number of hydrogen-bond acceptors (Lipinski definition) is 5. The third kappa shape index (κ3) is 8.52. The highest BCUT2D eigenvalue weighted by Gasteiger charge is 2.15. The van der Waals surface area contributed by atoms with Gasteiger partial charge in [0.25, 0.3) is 0 Å². The number of hydrogen-bond donors (Lipinski definition) is 0. The number of thioether (sulfide) groups is 1. The third-order valence-corrected chi connectivity index (χ3v) is 7.50. The number of likely N-dealkylation sites (N-methyl/N-ethyl adjacent to an activating group) is 1. The Bertz CT molecular complexity index is 1140. The van der Waals surface area contributed by atoms with Gasteiger partial charge in [0.05, 0.1) is 17.9 Å². The zero-order chi connectivity index (χ0) is 25.9. The molecule has 0 aromatic heterocycles. The van der Waals surface area contributed by atoms with Crippen molar-refractivity contribution < 1.29 is 18.7 Å². The Hall–Kier alpha value is -3.12. The number of benzene rings is 2. The van der Waals surface area contributed by atoms with Crippen molar-refractivity contribution in [3.05, 3.63) is 107 Å². The van der Waals surface area contributed by atoms with Gasteiger partial charge in [0.2, 0.25) is 0 Å². The molecule has 0 saturated heterocycles. The first kappa shape index (κ1) is 27.5. The van der Waals surface area contributed by atoms with Crippen LogP contribution in [0.2, 0.25) is 0 Å². The van der Waals surface area contributed by atoms with Gasteiger partial charge < -0.3 is 9.64 Å². The van der Waals surface area contributed by atoms with Gasteiger partial charge >= 0.3 is 5.97 Å². The average molecular weight is 508 g/mol. The van der Waals surface area contributed by atoms with E-state index in [4.69, 9.17) is 4.74 Å². The number of ketones is 1. The van der Waals surface area contributed by atoms with Crippen molar-refractivity contribution in [3.63, 3.8) is 0 Å². The molecule has 1 unspecified atom stereocenters. The van der Waals surface area contributed by atoms with Crippen molar-refractivity contribution in [3.8, 4) is 0 Å². The number of carbonyl (C=O) groups is 2. The summed E-state index contributed by atoms with van der Waals surface area (Å²) in [6.07, 6.45) is 12.5. The molecule has 4 nitrogen and oxygen atoms in total. The molecule has 6 heteroatoms. The molecule has 0 bridgehead atoms. The number of halogens is 1. The predicted molar refractivity (Wildman–Crippen MR) is 146 cm³/mol. The molecule has 3 rings (SSSR count). The summed E-state index contributed by atoms with van der Waals surface area (Å²) >= 11 is 1.58. The molecule has 0 spiro atoms. The molecule has 0 N–H and O–H groups in total. The molecule has 0 radical (unpaired) electrons. The normalized spacial score (nSPS) is 14.1. The summed E-state index contributed by atoms with van der Waals surface area (Å²) in [6, 6.07) is 12.2. The van der Waals surface area contributed by atoms with E-state index in [0.717, 1.165) is 41.8 Å². The minimum atomic E-state index is -0.323. The monoisotopic (exact) mass is 507 g/mol. The lowest BCUT2D eigenvalue weighted by atomic mass is 9.98. The van der Waals surface area contributed by atoms with Crippen molar-refractivity contribution >= 4 is 23.5 Å². The molecule has 2 aromatic rings. The molecule has 1 aliphatic rings. The second-order valence-electron chi connectivity index (χ2n) is 8.96. The van der Waals surface area contributed by atoms with Gasteiger partial charge in [0.1, 0.15) is 11.6 Å². The van der Waals surface area contributed by atoms with E-state index in [1.54, 1.807) is 30.8 Å². The maximum absolute atomic E-state index is 13.4. The van der Waals surface area contributed by atoms with Crippen LogP contribution in [0.4, 0.5) is 4.39 Å². The number of nitrogens with zero attached hydrogens (tertiary/aromatic N) is 1. The van der Waals surface area contributed by atoms with Crippen LogP contribution in [0.5, 0.6) is 0 Å². The van der Waals surface area contributed by atoms with Crippen LogP contribution < -0.4 is 0 Å². The Morgan fingerprint density at radius 2 is 1.97 bits per heavy atom. The molecule has 190 valence electrons. The van der Waals surface area contributed by atoms with E-state index < -0.39 is 0 Å². The van der Waals surface area contributed by atoms with Crippen molar-refractivity contribution in [2.45, 2.75) is 38.4 Å². The third-order valence-electron chi connectivity index (χ3n) is 6.01. The summed E-state index contributed by atoms with van der Waals surface area (Å²) in [5, 5.41) is 0.0896. The Labute approximate surface area is 217 Å². The molecule has 0 aliphatic carbocycles. The van der Waals surface area contributed by atoms with Gasteiger partial charge in [0.15, 0.2) is 0 Å². The highest BCUT2D eigenvalue weighted by molar-refractivity contribution is 8.00. The van der Waals surface area contributed by atoms with Gasteiger partial charge in [-0.2, -0.15) is 0 Å². The number of rotatable bonds is 12. The van der Waals surface area contributed by atoms with E-state index in [2.05, 4.69) is 17.1 Å². The number of aryl methyl sites for hydroxylation is 2. The molecule has 0 fully saturated rings. The smallest absolute Gasteiger partial charge is 0.338 e. The first-order valence-electron chi connectivity index (χ1n) is 12.2. The van der Waals surface area contributed by atoms with Crippen LogP contribution in [-0.4, -0.2) is 42.6 Å². The summed E-state index contributed by atoms with van der Waals surface area (Å²) in [6.45, 7) is 4.80. The van der Waals surface area contributed by atoms with E-state index in [-0.39, 0.29) is 22.8 Å². The number of Topliss-reactive ketones (excluding diaryl/α,β-unsaturated/α-hetero) is 1. The van der Waals surface area contributed by atoms with Gasteiger partial charge in [-0.05, 0) is 86.2 Å². The summed E-state index contributed by atoms with van der Waals surface area (Å²) in [5.41, 5.74) is 4.86. The molecule has 1 aliphatic heterocycles. The minimum absolute atomic E-state index is 0.0896. The van der Waals surface area contributed by atoms with Gasteiger partial charge in [-0.15, -0.1) is 11.8 Å². The number of ether oxygens (including phenoxy) is 1. The molecule has 1 atom stereocenters. The van der Waals surface area contributed by atoms with E-state index in [1.807, 2.05) is 50.4 Å². The molecular weight excluding hydrogens is 473 g/mol. The van der Waals surface area contributed by atoms with Crippen LogP contribution in [0.1, 0.15) is 52.1 Å². The number of allylic oxidation sites excluding steroid dienone is 3. The van der Waals surface area contributed by atoms with Crippen LogP contribution in [0.25, 0.3) is 0 Å². The Kier molecular flexibility index (Phi) is 10.6. The highest BCUT2D eigenvalue weighted by atomic mass is 32.2. The molecule has 0 amide bonds. The Morgan fingerprint density at radius 3 is 2.67 bits per heavy atom. The van der Waals surface area contributed by atoms with Crippen molar-refractivity contribution in [2.75, 3.05) is 26.0 Å². The summed E-state index contributed by atoms with van der Waals surface area (Å²) in [5.74, 6) is -0.0461. The fourth-order valence-electron chi connectivity index (χ4n) is 3.94. The fraction of sp³-hybridized carbons (Fsp3) is 0.333. The van der Waals surface area contributed by atoms with Gasteiger partial charge in [-0.1, -0.05) is 36.4 Å². The zero-order valence-corrected chi connectivity index (χ0v) is 22.0. The van der Waals surface area contributed by atoms with Crippen LogP contribution in [0.3, 0.4) is 0 Å². The maximum Gasteiger partial charge on any atom is 0.338 e. The lowest BCUT2D eigenvalue weighted by Crippen LogP contribution is -2.18. The quantitative estimate of drug-likeness (QED) is 0.239. The molecule has 2 aromatic carbocycles. The first-order valence-corrected chi connectivity index (χ1v) is 13.3. The second-order valence-corrected chi connectivity index (χ2v) is 10.2. The summed E-state index contributed by atoms with van der Waals surface area (Å²) in [4.78, 5) is 26.2. The molecular formula is C30H34FNO3S. The number of esters is 1. The predicted octanol–water partition coefficient (Wildman–Crippen LogP) is 6.62. The first-order chi connectivity index (χ1) is 17.3. The topological polar surface area (TPSA) is 46.6 Å². The lowest BCUT2D eigenvalue weighted by molar-refractivity contribution is -0.114. The van der Waals surface area contributed by atoms with Gasteiger partial charge in [-0.3, -0.25) is 4.79 Å². The maximum atomic E-state index is 13.4. The Morgan fingerprint density at radius 1 is 1.19 bits per heavy atom. The van der Waals surface area contributed by atoms with Crippen molar-refractivity contribution in [1.82, 2.24) is 4.90 Å². The van der Waals surface area contributed by atoms with E-state index in [0.29, 0.717) is 24.3 Å². The van der Waals surface area contributed by atoms with Gasteiger partial charge in [-0.25, -0.2) is 9.18 Å². The van der Waals surface area contributed by atoms with Crippen LogP contribution >= 0.6 is 11.8 Å². The molecule has 0 saturated carbocycles. The minimum Gasteiger partial charge on any atom is -0.462 e. The van der Waals surface area contributed by atoms with Crippen molar-refractivity contribution in [1.29, 1.82) is 0 Å². The largest absolute Gasteiger partial charge is 0.462 e. The highest BCUT2D eigenvalue weighted by Crippen LogP contribution is 2.34. The lowest BCUT2D eigenvalue weighted by Gasteiger charge is -2.20. The molecule has 1 heterocycles.